The normalized spacial score (nSPS) is 18.0. The molecule has 0 fully saturated rings. The fraction of sp³-hybridized carbons (Fsp3) is 0.625. The molecule has 0 saturated carbocycles. The van der Waals surface area contributed by atoms with Crippen molar-refractivity contribution in [3.8, 4) is 0 Å². The molecule has 0 bridgehead atoms. The molecule has 0 amide bonds. The smallest absolute Gasteiger partial charge is 0.163 e. The van der Waals surface area contributed by atoms with Crippen molar-refractivity contribution >= 4 is 36.0 Å². The number of thioether (sulfide) groups is 2. The molecule has 0 saturated heterocycles. The van der Waals surface area contributed by atoms with Gasteiger partial charge in [-0.2, -0.15) is 23.5 Å². The van der Waals surface area contributed by atoms with Gasteiger partial charge in [-0.25, -0.2) is 9.15 Å². The Morgan fingerprint density at radius 3 is 1.60 bits per heavy atom. The summed E-state index contributed by atoms with van der Waals surface area (Å²) in [4.78, 5) is 0. The monoisotopic (exact) mass is 310 g/mol. The third kappa shape index (κ3) is 6.80. The van der Waals surface area contributed by atoms with Gasteiger partial charge in [-0.3, -0.25) is 0 Å². The van der Waals surface area contributed by atoms with E-state index in [0.717, 1.165) is 0 Å². The zero-order valence-corrected chi connectivity index (χ0v) is 13.9. The molecule has 2 aliphatic rings. The van der Waals surface area contributed by atoms with Crippen LogP contribution < -0.4 is 0 Å². The van der Waals surface area contributed by atoms with Gasteiger partial charge >= 0.3 is 0 Å². The molecule has 4 heteroatoms. The standard InChI is InChI=1S/C16H26N2S2/c1-3-7-17(8-4-1)11-13-19-15-16-20-14-12-18-9-5-2-6-10-18/h1-3,5,7,9H,4,6,8,10-16H2/q+2. The van der Waals surface area contributed by atoms with Crippen LogP contribution in [0.15, 0.2) is 24.3 Å². The summed E-state index contributed by atoms with van der Waals surface area (Å²) in [5.41, 5.74) is 0. The van der Waals surface area contributed by atoms with Gasteiger partial charge < -0.3 is 0 Å². The molecule has 0 aliphatic carbocycles. The van der Waals surface area contributed by atoms with Crippen molar-refractivity contribution in [2.75, 3.05) is 49.2 Å². The Morgan fingerprint density at radius 2 is 1.20 bits per heavy atom. The maximum absolute atomic E-state index is 2.43. The zero-order valence-electron chi connectivity index (χ0n) is 12.2. The highest BCUT2D eigenvalue weighted by Crippen LogP contribution is 2.07. The third-order valence-corrected chi connectivity index (χ3v) is 5.64. The topological polar surface area (TPSA) is 6.02 Å². The Balaban J connectivity index is 1.40. The minimum absolute atomic E-state index is 1.20. The number of rotatable bonds is 9. The largest absolute Gasteiger partial charge is 0.235 e. The van der Waals surface area contributed by atoms with Crippen LogP contribution in [-0.4, -0.2) is 70.8 Å². The molecule has 0 spiro atoms. The van der Waals surface area contributed by atoms with E-state index in [1.165, 1.54) is 62.0 Å². The molecule has 0 unspecified atom stereocenters. The lowest BCUT2D eigenvalue weighted by Gasteiger charge is -2.06. The van der Waals surface area contributed by atoms with E-state index in [1.807, 2.05) is 0 Å². The minimum Gasteiger partial charge on any atom is -0.235 e. The maximum atomic E-state index is 2.43. The molecule has 0 atom stereocenters. The first-order valence-corrected chi connectivity index (χ1v) is 9.90. The van der Waals surface area contributed by atoms with Crippen LogP contribution in [0.5, 0.6) is 0 Å². The number of hydrogen-bond acceptors (Lipinski definition) is 2. The molecular formula is C16H26N2S2+2. The number of allylic oxidation sites excluding steroid dienone is 2. The third-order valence-electron chi connectivity index (χ3n) is 3.45. The van der Waals surface area contributed by atoms with Gasteiger partial charge in [-0.05, 0) is 12.2 Å². The van der Waals surface area contributed by atoms with E-state index in [0.29, 0.717) is 0 Å². The van der Waals surface area contributed by atoms with Gasteiger partial charge in [0, 0.05) is 24.3 Å². The summed E-state index contributed by atoms with van der Waals surface area (Å²) in [6.45, 7) is 4.81. The molecule has 0 radical (unpaired) electrons. The highest BCUT2D eigenvalue weighted by molar-refractivity contribution is 8.02. The number of hydrogen-bond donors (Lipinski definition) is 0. The summed E-state index contributed by atoms with van der Waals surface area (Å²) in [6.07, 6.45) is 15.7. The average molecular weight is 311 g/mol. The fourth-order valence-corrected chi connectivity index (χ4v) is 4.32. The lowest BCUT2D eigenvalue weighted by Crippen LogP contribution is -2.19. The Bertz CT molecular complexity index is 359. The van der Waals surface area contributed by atoms with Crippen LogP contribution in [0.25, 0.3) is 0 Å². The maximum Gasteiger partial charge on any atom is 0.163 e. The Kier molecular flexibility index (Phi) is 8.17. The molecule has 0 aromatic rings. The lowest BCUT2D eigenvalue weighted by atomic mass is 10.3. The van der Waals surface area contributed by atoms with Gasteiger partial charge in [0.25, 0.3) is 0 Å². The van der Waals surface area contributed by atoms with Crippen LogP contribution in [0, 0.1) is 0 Å². The van der Waals surface area contributed by atoms with Crippen molar-refractivity contribution < 1.29 is 9.15 Å². The molecule has 0 aromatic carbocycles. The summed E-state index contributed by atoms with van der Waals surface area (Å²) >= 11 is 4.19. The van der Waals surface area contributed by atoms with Crippen molar-refractivity contribution in [1.29, 1.82) is 0 Å². The molecule has 2 heterocycles. The quantitative estimate of drug-likeness (QED) is 0.477. The van der Waals surface area contributed by atoms with E-state index in [1.54, 1.807) is 0 Å². The van der Waals surface area contributed by atoms with Gasteiger partial charge in [0.2, 0.25) is 0 Å². The second kappa shape index (κ2) is 10.3. The van der Waals surface area contributed by atoms with E-state index >= 15 is 0 Å². The fourth-order valence-electron chi connectivity index (χ4n) is 2.25. The van der Waals surface area contributed by atoms with Crippen LogP contribution in [0.2, 0.25) is 0 Å². The van der Waals surface area contributed by atoms with Crippen LogP contribution >= 0.6 is 23.5 Å². The van der Waals surface area contributed by atoms with E-state index in [2.05, 4.69) is 69.4 Å². The van der Waals surface area contributed by atoms with Gasteiger partial charge in [0.1, 0.15) is 13.1 Å². The summed E-state index contributed by atoms with van der Waals surface area (Å²) in [5, 5.41) is 0. The van der Waals surface area contributed by atoms with E-state index in [4.69, 9.17) is 0 Å². The first kappa shape index (κ1) is 15.9. The van der Waals surface area contributed by atoms with E-state index in [9.17, 15) is 0 Å². The molecule has 20 heavy (non-hydrogen) atoms. The van der Waals surface area contributed by atoms with Gasteiger partial charge in [0.05, 0.1) is 11.5 Å². The van der Waals surface area contributed by atoms with Gasteiger partial charge in [0.15, 0.2) is 25.5 Å². The Labute approximate surface area is 131 Å². The molecule has 0 aromatic heterocycles. The van der Waals surface area contributed by atoms with E-state index < -0.39 is 0 Å². The Morgan fingerprint density at radius 1 is 0.700 bits per heavy atom. The highest BCUT2D eigenvalue weighted by atomic mass is 32.2. The predicted molar refractivity (Wildman–Crippen MR) is 94.3 cm³/mol. The SMILES string of the molecule is C1=CCC[N+](CCSCCSCC[N+]2=CC=CCC2)=C1. The predicted octanol–water partition coefficient (Wildman–Crippen LogP) is 2.54. The van der Waals surface area contributed by atoms with Crippen LogP contribution in [-0.2, 0) is 0 Å². The summed E-state index contributed by atoms with van der Waals surface area (Å²) in [6, 6.07) is 0. The van der Waals surface area contributed by atoms with Crippen LogP contribution in [0.4, 0.5) is 0 Å². The van der Waals surface area contributed by atoms with Gasteiger partial charge in [-0.15, -0.1) is 0 Å². The summed E-state index contributed by atoms with van der Waals surface area (Å²) < 4.78 is 4.86. The molecule has 110 valence electrons. The summed E-state index contributed by atoms with van der Waals surface area (Å²) in [5.74, 6) is 5.10. The average Bonchev–Trinajstić information content (AvgIpc) is 2.52. The molecule has 0 N–H and O–H groups in total. The molecule has 2 aliphatic heterocycles. The van der Waals surface area contributed by atoms with Gasteiger partial charge in [-0.1, -0.05) is 12.2 Å². The first-order chi connectivity index (χ1) is 9.95. The second-order valence-electron chi connectivity index (χ2n) is 5.03. The van der Waals surface area contributed by atoms with Crippen molar-refractivity contribution in [1.82, 2.24) is 0 Å². The molecule has 2 nitrogen and oxygen atoms in total. The van der Waals surface area contributed by atoms with Crippen molar-refractivity contribution in [3.63, 3.8) is 0 Å². The highest BCUT2D eigenvalue weighted by Gasteiger charge is 2.06. The second-order valence-corrected chi connectivity index (χ2v) is 7.48. The van der Waals surface area contributed by atoms with E-state index in [-0.39, 0.29) is 0 Å². The molecular weight excluding hydrogens is 284 g/mol. The van der Waals surface area contributed by atoms with Crippen LogP contribution in [0.3, 0.4) is 0 Å². The minimum atomic E-state index is 1.20. The van der Waals surface area contributed by atoms with Crippen LogP contribution in [0.1, 0.15) is 12.8 Å². The van der Waals surface area contributed by atoms with Crippen molar-refractivity contribution in [2.24, 2.45) is 0 Å². The number of nitrogens with zero attached hydrogens (tertiary/aromatic N) is 2. The zero-order chi connectivity index (χ0) is 13.9. The van der Waals surface area contributed by atoms with Crippen molar-refractivity contribution in [3.05, 3.63) is 24.3 Å². The molecule has 2 rings (SSSR count). The first-order valence-electron chi connectivity index (χ1n) is 7.59. The lowest BCUT2D eigenvalue weighted by molar-refractivity contribution is -0.518. The van der Waals surface area contributed by atoms with Crippen molar-refractivity contribution in [2.45, 2.75) is 12.8 Å². The Hall–Kier alpha value is -0.480. The summed E-state index contributed by atoms with van der Waals surface area (Å²) in [7, 11) is 0.